The van der Waals surface area contributed by atoms with E-state index >= 15 is 0 Å². The van der Waals surface area contributed by atoms with Crippen LogP contribution in [0.2, 0.25) is 0 Å². The Morgan fingerprint density at radius 3 is 2.72 bits per heavy atom. The van der Waals surface area contributed by atoms with Crippen molar-refractivity contribution in [3.8, 4) is 5.75 Å². The van der Waals surface area contributed by atoms with Crippen LogP contribution in [-0.2, 0) is 16.0 Å². The molecule has 7 nitrogen and oxygen atoms in total. The van der Waals surface area contributed by atoms with Crippen LogP contribution >= 0.6 is 0 Å². The maximum absolute atomic E-state index is 12.6. The molecular weight excluding hydrogens is 404 g/mol. The molecule has 2 aromatic rings. The highest BCUT2D eigenvalue weighted by atomic mass is 16.5. The van der Waals surface area contributed by atoms with Gasteiger partial charge in [-0.3, -0.25) is 14.5 Å². The standard InChI is InChI=1S/C25H32N4O3/c1-17(2)11-14-29-22(30)10-9-21-18(3)26-24(27-25(21)29)19-12-13-28(15-19)23(31)16-32-20-7-5-4-6-8-20/h4-8,17,19H,9-16H2,1-3H3/t19-/m1/s1. The zero-order chi connectivity index (χ0) is 22.7. The molecule has 7 heteroatoms. The number of hydrogen-bond acceptors (Lipinski definition) is 5. The Bertz CT molecular complexity index is 977. The van der Waals surface area contributed by atoms with E-state index in [-0.39, 0.29) is 24.3 Å². The normalized spacial score (nSPS) is 18.2. The molecule has 0 N–H and O–H groups in total. The molecule has 1 atom stereocenters. The summed E-state index contributed by atoms with van der Waals surface area (Å²) < 4.78 is 5.62. The van der Waals surface area contributed by atoms with Gasteiger partial charge in [0.25, 0.3) is 5.91 Å². The maximum atomic E-state index is 12.6. The predicted molar refractivity (Wildman–Crippen MR) is 123 cm³/mol. The largest absolute Gasteiger partial charge is 0.484 e. The smallest absolute Gasteiger partial charge is 0.260 e. The number of benzene rings is 1. The molecule has 1 saturated heterocycles. The summed E-state index contributed by atoms with van der Waals surface area (Å²) >= 11 is 0. The summed E-state index contributed by atoms with van der Waals surface area (Å²) in [5.41, 5.74) is 2.03. The van der Waals surface area contributed by atoms with Gasteiger partial charge in [0.15, 0.2) is 6.61 Å². The first-order valence-corrected chi connectivity index (χ1v) is 11.6. The van der Waals surface area contributed by atoms with Crippen molar-refractivity contribution in [2.24, 2.45) is 5.92 Å². The van der Waals surface area contributed by atoms with Gasteiger partial charge in [0.05, 0.1) is 0 Å². The third-order valence-electron chi connectivity index (χ3n) is 6.30. The topological polar surface area (TPSA) is 75.6 Å². The highest BCUT2D eigenvalue weighted by Gasteiger charge is 2.33. The van der Waals surface area contributed by atoms with E-state index in [0.717, 1.165) is 35.7 Å². The first-order chi connectivity index (χ1) is 15.4. The molecule has 1 aromatic heterocycles. The zero-order valence-electron chi connectivity index (χ0n) is 19.2. The number of fused-ring (bicyclic) bond motifs is 1. The summed E-state index contributed by atoms with van der Waals surface area (Å²) in [6, 6.07) is 9.37. The van der Waals surface area contributed by atoms with E-state index in [2.05, 4.69) is 13.8 Å². The lowest BCUT2D eigenvalue weighted by Gasteiger charge is -2.30. The van der Waals surface area contributed by atoms with Crippen LogP contribution in [0.3, 0.4) is 0 Å². The number of carbonyl (C=O) groups excluding carboxylic acids is 2. The fourth-order valence-electron chi connectivity index (χ4n) is 4.35. The van der Waals surface area contributed by atoms with E-state index in [1.54, 1.807) is 0 Å². The number of rotatable bonds is 7. The molecule has 2 aliphatic heterocycles. The fourth-order valence-corrected chi connectivity index (χ4v) is 4.35. The van der Waals surface area contributed by atoms with Crippen molar-refractivity contribution in [2.45, 2.75) is 52.4 Å². The second-order valence-corrected chi connectivity index (χ2v) is 9.12. The van der Waals surface area contributed by atoms with Gasteiger partial charge in [-0.05, 0) is 44.2 Å². The van der Waals surface area contributed by atoms with Crippen LogP contribution < -0.4 is 9.64 Å². The number of carbonyl (C=O) groups is 2. The van der Waals surface area contributed by atoms with Crippen LogP contribution in [0, 0.1) is 12.8 Å². The Labute approximate surface area is 189 Å². The first-order valence-electron chi connectivity index (χ1n) is 11.6. The van der Waals surface area contributed by atoms with Crippen molar-refractivity contribution in [2.75, 3.05) is 31.1 Å². The third-order valence-corrected chi connectivity index (χ3v) is 6.30. The molecule has 0 spiro atoms. The molecule has 1 aromatic carbocycles. The van der Waals surface area contributed by atoms with Gasteiger partial charge in [0.2, 0.25) is 5.91 Å². The summed E-state index contributed by atoms with van der Waals surface area (Å²) in [5.74, 6) is 2.91. The van der Waals surface area contributed by atoms with Crippen LogP contribution in [0.25, 0.3) is 0 Å². The molecule has 2 amide bonds. The number of para-hydroxylation sites is 1. The van der Waals surface area contributed by atoms with Crippen LogP contribution in [0.5, 0.6) is 5.75 Å². The van der Waals surface area contributed by atoms with Crippen molar-refractivity contribution < 1.29 is 14.3 Å². The van der Waals surface area contributed by atoms with E-state index < -0.39 is 0 Å². The van der Waals surface area contributed by atoms with Crippen LogP contribution in [0.4, 0.5) is 5.82 Å². The van der Waals surface area contributed by atoms with Gasteiger partial charge in [-0.1, -0.05) is 32.0 Å². The molecule has 0 aliphatic carbocycles. The number of aryl methyl sites for hydroxylation is 1. The molecule has 0 radical (unpaired) electrons. The summed E-state index contributed by atoms with van der Waals surface area (Å²) in [7, 11) is 0. The number of amides is 2. The lowest BCUT2D eigenvalue weighted by Crippen LogP contribution is -2.38. The van der Waals surface area contributed by atoms with Gasteiger partial charge < -0.3 is 9.64 Å². The van der Waals surface area contributed by atoms with Crippen molar-refractivity contribution in [3.05, 3.63) is 47.4 Å². The quantitative estimate of drug-likeness (QED) is 0.664. The molecule has 0 bridgehead atoms. The molecule has 2 aliphatic rings. The van der Waals surface area contributed by atoms with Crippen LogP contribution in [0.1, 0.15) is 56.1 Å². The first kappa shape index (κ1) is 22.2. The van der Waals surface area contributed by atoms with Crippen molar-refractivity contribution in [1.82, 2.24) is 14.9 Å². The van der Waals surface area contributed by atoms with Gasteiger partial charge >= 0.3 is 0 Å². The predicted octanol–water partition coefficient (Wildman–Crippen LogP) is 3.51. The van der Waals surface area contributed by atoms with E-state index in [1.807, 2.05) is 47.1 Å². The second-order valence-electron chi connectivity index (χ2n) is 9.12. The Kier molecular flexibility index (Phi) is 6.72. The van der Waals surface area contributed by atoms with Gasteiger partial charge in [0, 0.05) is 43.2 Å². The van der Waals surface area contributed by atoms with Crippen LogP contribution in [-0.4, -0.2) is 52.9 Å². The minimum absolute atomic E-state index is 0.0261. The number of anilines is 1. The average molecular weight is 437 g/mol. The Morgan fingerprint density at radius 1 is 1.19 bits per heavy atom. The molecule has 1 fully saturated rings. The number of nitrogens with zero attached hydrogens (tertiary/aromatic N) is 4. The Hall–Kier alpha value is -2.96. The Balaban J connectivity index is 1.45. The monoisotopic (exact) mass is 436 g/mol. The number of ether oxygens (including phenoxy) is 1. The molecule has 170 valence electrons. The molecular formula is C25H32N4O3. The van der Waals surface area contributed by atoms with Crippen molar-refractivity contribution in [3.63, 3.8) is 0 Å². The van der Waals surface area contributed by atoms with E-state index in [1.165, 1.54) is 0 Å². The lowest BCUT2D eigenvalue weighted by atomic mass is 10.0. The summed E-state index contributed by atoms with van der Waals surface area (Å²) in [5, 5.41) is 0. The highest BCUT2D eigenvalue weighted by Crippen LogP contribution is 2.32. The van der Waals surface area contributed by atoms with Gasteiger partial charge in [-0.2, -0.15) is 0 Å². The third kappa shape index (κ3) is 4.92. The van der Waals surface area contributed by atoms with E-state index in [9.17, 15) is 9.59 Å². The number of likely N-dealkylation sites (tertiary alicyclic amines) is 1. The maximum Gasteiger partial charge on any atom is 0.260 e. The average Bonchev–Trinajstić information content (AvgIpc) is 3.27. The van der Waals surface area contributed by atoms with Gasteiger partial charge in [-0.15, -0.1) is 0 Å². The van der Waals surface area contributed by atoms with E-state index in [4.69, 9.17) is 14.7 Å². The number of aromatic nitrogens is 2. The van der Waals surface area contributed by atoms with E-state index in [0.29, 0.717) is 44.1 Å². The molecule has 32 heavy (non-hydrogen) atoms. The molecule has 0 unspecified atom stereocenters. The summed E-state index contributed by atoms with van der Waals surface area (Å²) in [4.78, 5) is 38.6. The number of hydrogen-bond donors (Lipinski definition) is 0. The van der Waals surface area contributed by atoms with Crippen molar-refractivity contribution in [1.29, 1.82) is 0 Å². The Morgan fingerprint density at radius 2 is 1.97 bits per heavy atom. The highest BCUT2D eigenvalue weighted by molar-refractivity contribution is 5.95. The molecule has 3 heterocycles. The zero-order valence-corrected chi connectivity index (χ0v) is 19.2. The second kappa shape index (κ2) is 9.67. The minimum Gasteiger partial charge on any atom is -0.484 e. The van der Waals surface area contributed by atoms with Gasteiger partial charge in [0.1, 0.15) is 17.4 Å². The fraction of sp³-hybridized carbons (Fsp3) is 0.520. The van der Waals surface area contributed by atoms with Crippen LogP contribution in [0.15, 0.2) is 30.3 Å². The summed E-state index contributed by atoms with van der Waals surface area (Å²) in [6.45, 7) is 8.29. The van der Waals surface area contributed by atoms with Gasteiger partial charge in [-0.25, -0.2) is 9.97 Å². The molecule has 4 rings (SSSR count). The van der Waals surface area contributed by atoms with Crippen molar-refractivity contribution >= 4 is 17.6 Å². The lowest BCUT2D eigenvalue weighted by molar-refractivity contribution is -0.132. The SMILES string of the molecule is Cc1nc([C@@H]2CCN(C(=O)COc3ccccc3)C2)nc2c1CCC(=O)N2CCC(C)C. The summed E-state index contributed by atoms with van der Waals surface area (Å²) in [6.07, 6.45) is 2.97. The minimum atomic E-state index is -0.0280. The molecule has 0 saturated carbocycles.